The van der Waals surface area contributed by atoms with E-state index < -0.39 is 0 Å². The number of aryl methyl sites for hydroxylation is 1. The van der Waals surface area contributed by atoms with Crippen LogP contribution in [-0.4, -0.2) is 5.27 Å². The molecule has 0 fully saturated rings. The van der Waals surface area contributed by atoms with E-state index in [1.54, 1.807) is 4.68 Å². The van der Waals surface area contributed by atoms with E-state index in [0.29, 0.717) is 12.2 Å². The normalized spacial score (nSPS) is 12.3. The summed E-state index contributed by atoms with van der Waals surface area (Å²) in [7, 11) is 0. The summed E-state index contributed by atoms with van der Waals surface area (Å²) in [5, 5.41) is 6.03. The molecule has 3 rings (SSSR count). The van der Waals surface area contributed by atoms with Crippen LogP contribution in [0, 0.1) is 6.92 Å². The van der Waals surface area contributed by atoms with E-state index in [2.05, 4.69) is 29.6 Å². The van der Waals surface area contributed by atoms with Gasteiger partial charge in [-0.1, -0.05) is 48.0 Å². The Hall–Kier alpha value is -2.66. The molecule has 0 saturated carbocycles. The second-order valence-corrected chi connectivity index (χ2v) is 5.61. The fraction of sp³-hybridized carbons (Fsp3) is 0.222. The number of nitrogens with one attached hydrogen (secondary N) is 2. The van der Waals surface area contributed by atoms with Crippen LogP contribution in [-0.2, 0) is 6.54 Å². The van der Waals surface area contributed by atoms with Gasteiger partial charge in [0.1, 0.15) is 0 Å². The second-order valence-electron chi connectivity index (χ2n) is 5.61. The van der Waals surface area contributed by atoms with Crippen molar-refractivity contribution in [3.05, 3.63) is 81.8 Å². The van der Waals surface area contributed by atoms with Gasteiger partial charge in [0.25, 0.3) is 0 Å². The Morgan fingerprint density at radius 3 is 2.52 bits per heavy atom. The topological polar surface area (TPSA) is 61.9 Å². The van der Waals surface area contributed by atoms with Crippen molar-refractivity contribution < 1.29 is 9.20 Å². The lowest BCUT2D eigenvalue weighted by Crippen LogP contribution is -2.41. The molecule has 0 saturated heterocycles. The molecule has 0 aliphatic heterocycles. The molecule has 0 radical (unpaired) electrons. The second kappa shape index (κ2) is 6.62. The zero-order chi connectivity index (χ0) is 16.2. The molecule has 1 unspecified atom stereocenters. The molecule has 1 atom stereocenters. The summed E-state index contributed by atoms with van der Waals surface area (Å²) in [6, 6.07) is 18.1. The summed E-state index contributed by atoms with van der Waals surface area (Å²) < 4.78 is 6.63. The lowest BCUT2D eigenvalue weighted by atomic mass is 10.1. The maximum Gasteiger partial charge on any atom is 0.431 e. The van der Waals surface area contributed by atoms with E-state index in [-0.39, 0.29) is 11.7 Å². The van der Waals surface area contributed by atoms with Gasteiger partial charge >= 0.3 is 11.3 Å². The van der Waals surface area contributed by atoms with Crippen molar-refractivity contribution in [3.8, 4) is 5.69 Å². The molecular weight excluding hydrogens is 290 g/mol. The molecule has 0 bridgehead atoms. The van der Waals surface area contributed by atoms with Gasteiger partial charge in [0, 0.05) is 18.2 Å². The van der Waals surface area contributed by atoms with Crippen molar-refractivity contribution in [2.45, 2.75) is 26.4 Å². The monoisotopic (exact) mass is 310 g/mol. The number of rotatable bonds is 5. The predicted molar refractivity (Wildman–Crippen MR) is 87.3 cm³/mol. The van der Waals surface area contributed by atoms with Gasteiger partial charge in [-0.3, -0.25) is 4.52 Å². The van der Waals surface area contributed by atoms with Crippen molar-refractivity contribution in [3.63, 3.8) is 0 Å². The third kappa shape index (κ3) is 3.40. The number of H-pyrrole nitrogens is 1. The van der Waals surface area contributed by atoms with Gasteiger partial charge in [0.15, 0.2) is 0 Å². The number of hydrogen-bond donors (Lipinski definition) is 2. The highest BCUT2D eigenvalue weighted by Gasteiger charge is 2.23. The minimum atomic E-state index is -0.363. The molecule has 2 N–H and O–H groups in total. The first-order chi connectivity index (χ1) is 11.1. The zero-order valence-corrected chi connectivity index (χ0v) is 13.2. The van der Waals surface area contributed by atoms with Gasteiger partial charge in [-0.25, -0.2) is 4.79 Å². The highest BCUT2D eigenvalue weighted by Crippen LogP contribution is 2.11. The molecule has 1 aromatic heterocycles. The maximum absolute atomic E-state index is 12.0. The first-order valence-electron chi connectivity index (χ1n) is 7.63. The van der Waals surface area contributed by atoms with E-state index in [1.165, 1.54) is 5.56 Å². The summed E-state index contributed by atoms with van der Waals surface area (Å²) in [4.78, 5) is 12.0. The highest BCUT2D eigenvalue weighted by atomic mass is 16.5. The van der Waals surface area contributed by atoms with E-state index in [1.807, 2.05) is 49.4 Å². The summed E-state index contributed by atoms with van der Waals surface area (Å²) in [6.45, 7) is 4.51. The number of benzene rings is 2. The molecule has 0 amide bonds. The molecule has 0 aliphatic carbocycles. The standard InChI is InChI=1S/C18H19N3O2/c1-13-8-10-16(11-9-13)21-17(18(22)23-20-21)12-19-14(2)15-6-4-3-5-7-15/h3-11,14,19H,12H2,1-2H3/p+1. The molecule has 5 nitrogen and oxygen atoms in total. The molecule has 3 aromatic rings. The molecule has 5 heteroatoms. The van der Waals surface area contributed by atoms with Crippen molar-refractivity contribution in [1.29, 1.82) is 0 Å². The van der Waals surface area contributed by atoms with E-state index in [9.17, 15) is 4.79 Å². The summed E-state index contributed by atoms with van der Waals surface area (Å²) in [5.41, 5.74) is 3.38. The molecule has 1 heterocycles. The van der Waals surface area contributed by atoms with Gasteiger partial charge in [0.2, 0.25) is 5.69 Å². The number of aromatic nitrogens is 2. The SMILES string of the molecule is Cc1ccc(-[n+]2[nH]oc(=O)c2CNC(C)c2ccccc2)cc1. The molecular formula is C18H20N3O2+. The average Bonchev–Trinajstić information content (AvgIpc) is 2.95. The summed E-state index contributed by atoms with van der Waals surface area (Å²) >= 11 is 0. The Morgan fingerprint density at radius 1 is 1.13 bits per heavy atom. The number of hydrogen-bond acceptors (Lipinski definition) is 3. The Labute approximate surface area is 134 Å². The largest absolute Gasteiger partial charge is 0.431 e. The highest BCUT2D eigenvalue weighted by molar-refractivity contribution is 5.26. The molecule has 118 valence electrons. The van der Waals surface area contributed by atoms with Crippen LogP contribution in [0.1, 0.15) is 29.8 Å². The minimum Gasteiger partial charge on any atom is -0.300 e. The Bertz CT molecular complexity index is 819. The quantitative estimate of drug-likeness (QED) is 0.711. The lowest BCUT2D eigenvalue weighted by molar-refractivity contribution is -0.677. The fourth-order valence-electron chi connectivity index (χ4n) is 2.46. The van der Waals surface area contributed by atoms with Crippen LogP contribution in [0.15, 0.2) is 63.9 Å². The first kappa shape index (κ1) is 15.2. The zero-order valence-electron chi connectivity index (χ0n) is 13.2. The van der Waals surface area contributed by atoms with E-state index in [4.69, 9.17) is 4.52 Å². The Morgan fingerprint density at radius 2 is 1.83 bits per heavy atom. The van der Waals surface area contributed by atoms with Gasteiger partial charge in [-0.05, 0) is 29.4 Å². The van der Waals surface area contributed by atoms with E-state index >= 15 is 0 Å². The maximum atomic E-state index is 12.0. The van der Waals surface area contributed by atoms with Crippen molar-refractivity contribution in [1.82, 2.24) is 10.6 Å². The van der Waals surface area contributed by atoms with Gasteiger partial charge < -0.3 is 5.32 Å². The Kier molecular flexibility index (Phi) is 4.39. The smallest absolute Gasteiger partial charge is 0.300 e. The van der Waals surface area contributed by atoms with Crippen LogP contribution in [0.5, 0.6) is 0 Å². The Balaban J connectivity index is 1.80. The molecule has 23 heavy (non-hydrogen) atoms. The predicted octanol–water partition coefficient (Wildman–Crippen LogP) is 2.40. The van der Waals surface area contributed by atoms with Crippen LogP contribution in [0.4, 0.5) is 0 Å². The van der Waals surface area contributed by atoms with Crippen LogP contribution < -0.4 is 15.6 Å². The van der Waals surface area contributed by atoms with Crippen molar-refractivity contribution >= 4 is 0 Å². The van der Waals surface area contributed by atoms with Crippen LogP contribution in [0.25, 0.3) is 5.69 Å². The van der Waals surface area contributed by atoms with Crippen LogP contribution in [0.2, 0.25) is 0 Å². The summed E-state index contributed by atoms with van der Waals surface area (Å²) in [5.74, 6) is 0. The van der Waals surface area contributed by atoms with Crippen LogP contribution >= 0.6 is 0 Å². The molecule has 0 aliphatic rings. The van der Waals surface area contributed by atoms with Crippen molar-refractivity contribution in [2.24, 2.45) is 0 Å². The lowest BCUT2D eigenvalue weighted by Gasteiger charge is -2.11. The number of aromatic amines is 1. The third-order valence-electron chi connectivity index (χ3n) is 3.90. The van der Waals surface area contributed by atoms with Crippen molar-refractivity contribution in [2.75, 3.05) is 0 Å². The van der Waals surface area contributed by atoms with Gasteiger partial charge in [0.05, 0.1) is 6.54 Å². The minimum absolute atomic E-state index is 0.136. The van der Waals surface area contributed by atoms with Crippen LogP contribution in [0.3, 0.4) is 0 Å². The van der Waals surface area contributed by atoms with E-state index in [0.717, 1.165) is 11.3 Å². The third-order valence-corrected chi connectivity index (χ3v) is 3.90. The average molecular weight is 310 g/mol. The summed E-state index contributed by atoms with van der Waals surface area (Å²) in [6.07, 6.45) is 0. The first-order valence-corrected chi connectivity index (χ1v) is 7.63. The van der Waals surface area contributed by atoms with Gasteiger partial charge in [-0.2, -0.15) is 0 Å². The van der Waals surface area contributed by atoms with Gasteiger partial charge in [-0.15, -0.1) is 0 Å². The molecule has 2 aromatic carbocycles. The number of nitrogens with zero attached hydrogens (tertiary/aromatic N) is 1. The fourth-order valence-corrected chi connectivity index (χ4v) is 2.46. The molecule has 0 spiro atoms.